The molecule has 1 atom stereocenters. The molecular formula is C15H20N6O. The van der Waals surface area contributed by atoms with E-state index >= 15 is 0 Å². The molecule has 1 aliphatic rings. The molecule has 1 saturated heterocycles. The first kappa shape index (κ1) is 14.5. The molecule has 0 saturated carbocycles. The van der Waals surface area contributed by atoms with Gasteiger partial charge in [0.25, 0.3) is 5.91 Å². The number of imidazole rings is 1. The van der Waals surface area contributed by atoms with Gasteiger partial charge in [0.05, 0.1) is 18.4 Å². The summed E-state index contributed by atoms with van der Waals surface area (Å²) >= 11 is 0. The number of amides is 1. The summed E-state index contributed by atoms with van der Waals surface area (Å²) in [5.74, 6) is 1.36. The third-order valence-corrected chi connectivity index (χ3v) is 3.74. The van der Waals surface area contributed by atoms with E-state index in [-0.39, 0.29) is 11.9 Å². The molecule has 0 aliphatic carbocycles. The van der Waals surface area contributed by atoms with Crippen LogP contribution in [0.15, 0.2) is 18.6 Å². The van der Waals surface area contributed by atoms with Crippen molar-refractivity contribution in [3.05, 3.63) is 35.8 Å². The zero-order valence-corrected chi connectivity index (χ0v) is 12.8. The summed E-state index contributed by atoms with van der Waals surface area (Å²) in [5, 5.41) is 3.22. The van der Waals surface area contributed by atoms with Gasteiger partial charge in [-0.15, -0.1) is 0 Å². The van der Waals surface area contributed by atoms with E-state index in [0.717, 1.165) is 37.4 Å². The molecule has 7 heteroatoms. The predicted octanol–water partition coefficient (Wildman–Crippen LogP) is 1.92. The molecule has 0 aromatic carbocycles. The van der Waals surface area contributed by atoms with Gasteiger partial charge in [-0.05, 0) is 26.7 Å². The fourth-order valence-corrected chi connectivity index (χ4v) is 2.56. The highest BCUT2D eigenvalue weighted by Crippen LogP contribution is 2.16. The normalized spacial score (nSPS) is 15.8. The molecule has 2 aromatic rings. The predicted molar refractivity (Wildman–Crippen MR) is 82.5 cm³/mol. The highest BCUT2D eigenvalue weighted by atomic mass is 16.2. The molecule has 3 heterocycles. The van der Waals surface area contributed by atoms with Gasteiger partial charge in [0, 0.05) is 25.0 Å². The second-order valence-corrected chi connectivity index (χ2v) is 5.61. The summed E-state index contributed by atoms with van der Waals surface area (Å²) in [6.45, 7) is 5.55. The fourth-order valence-electron chi connectivity index (χ4n) is 2.56. The minimum absolute atomic E-state index is 0.0415. The Kier molecular flexibility index (Phi) is 4.04. The molecule has 1 unspecified atom stereocenters. The van der Waals surface area contributed by atoms with Crippen molar-refractivity contribution in [1.82, 2.24) is 24.8 Å². The molecule has 1 aliphatic heterocycles. The Labute approximate surface area is 129 Å². The molecule has 116 valence electrons. The van der Waals surface area contributed by atoms with E-state index < -0.39 is 0 Å². The molecule has 1 amide bonds. The number of rotatable bonds is 4. The number of likely N-dealkylation sites (tertiary alicyclic amines) is 1. The van der Waals surface area contributed by atoms with Gasteiger partial charge in [0.1, 0.15) is 17.3 Å². The summed E-state index contributed by atoms with van der Waals surface area (Å²) < 4.78 is 0. The number of nitrogens with zero attached hydrogens (tertiary/aromatic N) is 4. The van der Waals surface area contributed by atoms with Crippen LogP contribution in [0, 0.1) is 6.92 Å². The average molecular weight is 300 g/mol. The Balaban J connectivity index is 1.72. The topological polar surface area (TPSA) is 86.8 Å². The molecule has 22 heavy (non-hydrogen) atoms. The smallest absolute Gasteiger partial charge is 0.274 e. The Morgan fingerprint density at radius 3 is 2.77 bits per heavy atom. The van der Waals surface area contributed by atoms with Crippen molar-refractivity contribution >= 4 is 11.7 Å². The zero-order valence-electron chi connectivity index (χ0n) is 12.8. The summed E-state index contributed by atoms with van der Waals surface area (Å²) in [5.41, 5.74) is 1.39. The number of anilines is 1. The monoisotopic (exact) mass is 300 g/mol. The number of aromatic amines is 1. The lowest BCUT2D eigenvalue weighted by Crippen LogP contribution is -2.28. The van der Waals surface area contributed by atoms with Crippen molar-refractivity contribution in [2.45, 2.75) is 32.7 Å². The van der Waals surface area contributed by atoms with Crippen molar-refractivity contribution in [1.29, 1.82) is 0 Å². The maximum absolute atomic E-state index is 12.3. The molecule has 7 nitrogen and oxygen atoms in total. The lowest BCUT2D eigenvalue weighted by Gasteiger charge is -2.16. The molecule has 3 rings (SSSR count). The molecule has 2 aromatic heterocycles. The molecule has 0 spiro atoms. The SMILES string of the molecule is Cc1cnc(C(C)Nc2cncc(C(=O)N3CCCC3)n2)[nH]1. The van der Waals surface area contributed by atoms with Gasteiger partial charge in [-0.1, -0.05) is 0 Å². The van der Waals surface area contributed by atoms with Crippen LogP contribution < -0.4 is 5.32 Å². The number of aromatic nitrogens is 4. The minimum atomic E-state index is -0.0462. The van der Waals surface area contributed by atoms with Crippen LogP contribution in [0.5, 0.6) is 0 Å². The van der Waals surface area contributed by atoms with Crippen LogP contribution in [-0.4, -0.2) is 43.8 Å². The van der Waals surface area contributed by atoms with Gasteiger partial charge in [-0.25, -0.2) is 9.97 Å². The first-order valence-electron chi connectivity index (χ1n) is 7.53. The lowest BCUT2D eigenvalue weighted by molar-refractivity contribution is 0.0786. The number of carbonyl (C=O) groups excluding carboxylic acids is 1. The van der Waals surface area contributed by atoms with Crippen molar-refractivity contribution in [3.63, 3.8) is 0 Å². The van der Waals surface area contributed by atoms with E-state index in [0.29, 0.717) is 11.5 Å². The van der Waals surface area contributed by atoms with Gasteiger partial charge in [0.2, 0.25) is 0 Å². The fraction of sp³-hybridized carbons (Fsp3) is 0.467. The van der Waals surface area contributed by atoms with Gasteiger partial charge in [-0.2, -0.15) is 0 Å². The Morgan fingerprint density at radius 1 is 1.32 bits per heavy atom. The zero-order chi connectivity index (χ0) is 15.5. The third-order valence-electron chi connectivity index (χ3n) is 3.74. The summed E-state index contributed by atoms with van der Waals surface area (Å²) in [4.78, 5) is 30.1. The number of H-pyrrole nitrogens is 1. The van der Waals surface area contributed by atoms with Crippen molar-refractivity contribution in [3.8, 4) is 0 Å². The summed E-state index contributed by atoms with van der Waals surface area (Å²) in [6.07, 6.45) is 7.05. The quantitative estimate of drug-likeness (QED) is 0.900. The standard InChI is InChI=1S/C15H20N6O/c1-10-7-17-14(18-10)11(2)19-13-9-16-8-12(20-13)15(22)21-5-3-4-6-21/h7-9,11H,3-6H2,1-2H3,(H,17,18)(H,19,20). The van der Waals surface area contributed by atoms with Crippen molar-refractivity contribution in [2.24, 2.45) is 0 Å². The van der Waals surface area contributed by atoms with Crippen LogP contribution in [0.4, 0.5) is 5.82 Å². The Hall–Kier alpha value is -2.44. The van der Waals surface area contributed by atoms with Crippen LogP contribution in [0.1, 0.15) is 47.8 Å². The third kappa shape index (κ3) is 3.08. The van der Waals surface area contributed by atoms with Crippen LogP contribution in [-0.2, 0) is 0 Å². The van der Waals surface area contributed by atoms with E-state index in [1.165, 1.54) is 6.20 Å². The van der Waals surface area contributed by atoms with E-state index in [2.05, 4.69) is 25.3 Å². The minimum Gasteiger partial charge on any atom is -0.359 e. The summed E-state index contributed by atoms with van der Waals surface area (Å²) in [6, 6.07) is -0.0415. The van der Waals surface area contributed by atoms with E-state index in [1.54, 1.807) is 12.4 Å². The number of nitrogens with one attached hydrogen (secondary N) is 2. The number of hydrogen-bond acceptors (Lipinski definition) is 5. The second-order valence-electron chi connectivity index (χ2n) is 5.61. The van der Waals surface area contributed by atoms with Gasteiger partial charge < -0.3 is 15.2 Å². The number of carbonyl (C=O) groups is 1. The summed E-state index contributed by atoms with van der Waals surface area (Å²) in [7, 11) is 0. The lowest BCUT2D eigenvalue weighted by atomic mass is 10.3. The van der Waals surface area contributed by atoms with Crippen LogP contribution in [0.3, 0.4) is 0 Å². The Bertz CT molecular complexity index is 662. The van der Waals surface area contributed by atoms with Crippen LogP contribution in [0.25, 0.3) is 0 Å². The highest BCUT2D eigenvalue weighted by Gasteiger charge is 2.21. The maximum Gasteiger partial charge on any atom is 0.274 e. The molecular weight excluding hydrogens is 280 g/mol. The van der Waals surface area contributed by atoms with Gasteiger partial charge in [-0.3, -0.25) is 9.78 Å². The van der Waals surface area contributed by atoms with Gasteiger partial charge >= 0.3 is 0 Å². The molecule has 0 radical (unpaired) electrons. The van der Waals surface area contributed by atoms with Crippen LogP contribution in [0.2, 0.25) is 0 Å². The largest absolute Gasteiger partial charge is 0.359 e. The average Bonchev–Trinajstić information content (AvgIpc) is 3.18. The van der Waals surface area contributed by atoms with E-state index in [1.807, 2.05) is 18.7 Å². The first-order chi connectivity index (χ1) is 10.6. The van der Waals surface area contributed by atoms with Crippen LogP contribution >= 0.6 is 0 Å². The highest BCUT2D eigenvalue weighted by molar-refractivity contribution is 5.92. The van der Waals surface area contributed by atoms with Crippen molar-refractivity contribution in [2.75, 3.05) is 18.4 Å². The molecule has 0 bridgehead atoms. The second kappa shape index (κ2) is 6.13. The number of aryl methyl sites for hydroxylation is 1. The van der Waals surface area contributed by atoms with Gasteiger partial charge in [0.15, 0.2) is 0 Å². The molecule has 1 fully saturated rings. The number of hydrogen-bond donors (Lipinski definition) is 2. The van der Waals surface area contributed by atoms with Crippen molar-refractivity contribution < 1.29 is 4.79 Å². The first-order valence-corrected chi connectivity index (χ1v) is 7.53. The maximum atomic E-state index is 12.3. The molecule has 2 N–H and O–H groups in total. The van der Waals surface area contributed by atoms with E-state index in [4.69, 9.17) is 0 Å². The Morgan fingerprint density at radius 2 is 2.09 bits per heavy atom. The van der Waals surface area contributed by atoms with E-state index in [9.17, 15) is 4.79 Å².